The molecule has 0 aromatic carbocycles. The van der Waals surface area contributed by atoms with Crippen LogP contribution in [-0.2, 0) is 9.47 Å². The van der Waals surface area contributed by atoms with Gasteiger partial charge >= 0.3 is 11.8 Å². The summed E-state index contributed by atoms with van der Waals surface area (Å²) in [5.41, 5.74) is -0.659. The fraction of sp³-hybridized carbons (Fsp3) is 0.583. The maximum Gasteiger partial charge on any atom is 0.412 e. The van der Waals surface area contributed by atoms with Crippen molar-refractivity contribution in [2.45, 2.75) is 32.4 Å². The topological polar surface area (TPSA) is 82.5 Å². The lowest BCUT2D eigenvalue weighted by molar-refractivity contribution is 0.0978. The number of rotatable bonds is 5. The minimum absolute atomic E-state index is 0.0761. The van der Waals surface area contributed by atoms with Crippen molar-refractivity contribution < 1.29 is 18.7 Å². The molecule has 1 aromatic rings. The third-order valence-corrected chi connectivity index (χ3v) is 2.86. The largest absolute Gasteiger partial charge is 0.453 e. The molecule has 2 unspecified atom stereocenters. The Bertz CT molecular complexity index is 532. The van der Waals surface area contributed by atoms with E-state index in [2.05, 4.69) is 9.72 Å². The van der Waals surface area contributed by atoms with Gasteiger partial charge in [-0.1, -0.05) is 0 Å². The summed E-state index contributed by atoms with van der Waals surface area (Å²) in [6.45, 7) is 3.60. The number of methoxy groups -OCH3 is 2. The maximum absolute atomic E-state index is 13.8. The van der Waals surface area contributed by atoms with Gasteiger partial charge in [-0.3, -0.25) is 9.88 Å². The van der Waals surface area contributed by atoms with Crippen molar-refractivity contribution >= 4 is 11.9 Å². The third kappa shape index (κ3) is 4.02. The molecule has 1 amide bonds. The maximum atomic E-state index is 13.8. The molecule has 8 heteroatoms. The van der Waals surface area contributed by atoms with Crippen molar-refractivity contribution in [3.8, 4) is 0 Å². The second kappa shape index (κ2) is 6.99. The Hall–Kier alpha value is -1.96. The quantitative estimate of drug-likeness (QED) is 0.888. The van der Waals surface area contributed by atoms with Crippen LogP contribution in [0.5, 0.6) is 0 Å². The Labute approximate surface area is 115 Å². The van der Waals surface area contributed by atoms with Gasteiger partial charge in [0, 0.05) is 19.3 Å². The van der Waals surface area contributed by atoms with E-state index in [-0.39, 0.29) is 12.1 Å². The van der Waals surface area contributed by atoms with Crippen molar-refractivity contribution in [1.82, 2.24) is 9.55 Å². The summed E-state index contributed by atoms with van der Waals surface area (Å²) in [6, 6.07) is -0.286. The molecule has 0 radical (unpaired) electrons. The van der Waals surface area contributed by atoms with Gasteiger partial charge < -0.3 is 9.47 Å². The van der Waals surface area contributed by atoms with E-state index >= 15 is 0 Å². The summed E-state index contributed by atoms with van der Waals surface area (Å²) < 4.78 is 24.4. The first-order valence-corrected chi connectivity index (χ1v) is 6.05. The van der Waals surface area contributed by atoms with Crippen LogP contribution in [-0.4, -0.2) is 36.0 Å². The van der Waals surface area contributed by atoms with Crippen LogP contribution in [0.25, 0.3) is 0 Å². The molecule has 1 rings (SSSR count). The number of hydrogen-bond acceptors (Lipinski definition) is 5. The Morgan fingerprint density at radius 2 is 2.15 bits per heavy atom. The molecule has 20 heavy (non-hydrogen) atoms. The molecule has 1 aromatic heterocycles. The molecule has 0 aliphatic heterocycles. The van der Waals surface area contributed by atoms with E-state index in [1.54, 1.807) is 14.0 Å². The highest BCUT2D eigenvalue weighted by Crippen LogP contribution is 2.15. The number of amides is 1. The number of nitrogens with one attached hydrogen (secondary N) is 1. The molecule has 0 fully saturated rings. The van der Waals surface area contributed by atoms with Gasteiger partial charge in [-0.05, 0) is 20.3 Å². The lowest BCUT2D eigenvalue weighted by Crippen LogP contribution is -2.29. The van der Waals surface area contributed by atoms with Gasteiger partial charge in [-0.2, -0.15) is 4.98 Å². The summed E-state index contributed by atoms with van der Waals surface area (Å²) in [5.74, 6) is -1.27. The Kier molecular flexibility index (Phi) is 5.63. The molecule has 2 atom stereocenters. The number of aromatic nitrogens is 2. The predicted octanol–water partition coefficient (Wildman–Crippen LogP) is 1.55. The Balaban J connectivity index is 2.99. The molecular formula is C12H18FN3O4. The van der Waals surface area contributed by atoms with Gasteiger partial charge in [0.15, 0.2) is 11.6 Å². The summed E-state index contributed by atoms with van der Waals surface area (Å²) in [5, 5.41) is 2.03. The van der Waals surface area contributed by atoms with Crippen molar-refractivity contribution in [3.05, 3.63) is 22.5 Å². The van der Waals surface area contributed by atoms with E-state index in [0.717, 1.165) is 17.9 Å². The summed E-state index contributed by atoms with van der Waals surface area (Å²) >= 11 is 0. The molecule has 112 valence electrons. The van der Waals surface area contributed by atoms with E-state index in [0.29, 0.717) is 6.42 Å². The predicted molar refractivity (Wildman–Crippen MR) is 70.3 cm³/mol. The molecule has 1 heterocycles. The molecule has 0 saturated heterocycles. The average Bonchev–Trinajstić information content (AvgIpc) is 2.41. The second-order valence-electron chi connectivity index (χ2n) is 4.37. The van der Waals surface area contributed by atoms with Crippen LogP contribution in [0, 0.1) is 5.82 Å². The molecule has 0 saturated carbocycles. The zero-order valence-corrected chi connectivity index (χ0v) is 11.8. The van der Waals surface area contributed by atoms with Gasteiger partial charge in [0.05, 0.1) is 13.2 Å². The average molecular weight is 287 g/mol. The van der Waals surface area contributed by atoms with Crippen LogP contribution in [0.4, 0.5) is 15.0 Å². The second-order valence-corrected chi connectivity index (χ2v) is 4.37. The highest BCUT2D eigenvalue weighted by molar-refractivity contribution is 5.83. The first-order chi connectivity index (χ1) is 9.38. The van der Waals surface area contributed by atoms with Gasteiger partial charge in [-0.25, -0.2) is 14.0 Å². The van der Waals surface area contributed by atoms with Crippen molar-refractivity contribution in [1.29, 1.82) is 0 Å². The number of nitrogens with zero attached hydrogens (tertiary/aromatic N) is 2. The first kappa shape index (κ1) is 16.1. The minimum Gasteiger partial charge on any atom is -0.453 e. The van der Waals surface area contributed by atoms with Crippen LogP contribution in [0.1, 0.15) is 26.3 Å². The van der Waals surface area contributed by atoms with E-state index < -0.39 is 23.4 Å². The zero-order valence-electron chi connectivity index (χ0n) is 11.8. The lowest BCUT2D eigenvalue weighted by atomic mass is 10.1. The number of halogens is 1. The lowest BCUT2D eigenvalue weighted by Gasteiger charge is -2.18. The number of carbonyl (C=O) groups is 1. The van der Waals surface area contributed by atoms with Crippen LogP contribution in [0.15, 0.2) is 11.0 Å². The van der Waals surface area contributed by atoms with Gasteiger partial charge in [0.1, 0.15) is 0 Å². The fourth-order valence-corrected chi connectivity index (χ4v) is 1.69. The molecule has 0 spiro atoms. The minimum atomic E-state index is -0.894. The molecule has 1 N–H and O–H groups in total. The Morgan fingerprint density at radius 3 is 2.70 bits per heavy atom. The number of carbonyl (C=O) groups excluding carboxylic acids is 1. The summed E-state index contributed by atoms with van der Waals surface area (Å²) in [4.78, 5) is 26.3. The van der Waals surface area contributed by atoms with Crippen LogP contribution in [0.3, 0.4) is 0 Å². The number of hydrogen-bond donors (Lipinski definition) is 1. The van der Waals surface area contributed by atoms with E-state index in [9.17, 15) is 14.0 Å². The smallest absolute Gasteiger partial charge is 0.412 e. The standard InChI is InChI=1S/C12H18FN3O4/c1-7(5-8(2)19-3)16-6-9(13)10(14-11(16)17)15-12(18)20-4/h6-8H,5H2,1-4H3,(H,14,15,17,18). The normalized spacial score (nSPS) is 13.7. The van der Waals surface area contributed by atoms with Crippen LogP contribution < -0.4 is 11.0 Å². The SMILES string of the molecule is COC(=O)Nc1nc(=O)n(C(C)CC(C)OC)cc1F. The van der Waals surface area contributed by atoms with Gasteiger partial charge in [-0.15, -0.1) is 0 Å². The van der Waals surface area contributed by atoms with E-state index in [1.165, 1.54) is 0 Å². The van der Waals surface area contributed by atoms with Crippen LogP contribution in [0.2, 0.25) is 0 Å². The molecule has 0 bridgehead atoms. The fourth-order valence-electron chi connectivity index (χ4n) is 1.69. The molecule has 0 aliphatic carbocycles. The Morgan fingerprint density at radius 1 is 1.50 bits per heavy atom. The first-order valence-electron chi connectivity index (χ1n) is 6.05. The number of ether oxygens (including phenoxy) is 2. The summed E-state index contributed by atoms with van der Waals surface area (Å²) in [7, 11) is 2.69. The van der Waals surface area contributed by atoms with Crippen molar-refractivity contribution in [3.63, 3.8) is 0 Å². The third-order valence-electron chi connectivity index (χ3n) is 2.86. The van der Waals surface area contributed by atoms with Crippen molar-refractivity contribution in [2.24, 2.45) is 0 Å². The molecule has 7 nitrogen and oxygen atoms in total. The zero-order chi connectivity index (χ0) is 15.3. The highest BCUT2D eigenvalue weighted by atomic mass is 19.1. The van der Waals surface area contributed by atoms with Crippen LogP contribution >= 0.6 is 0 Å². The molecular weight excluding hydrogens is 269 g/mol. The van der Waals surface area contributed by atoms with Crippen molar-refractivity contribution in [2.75, 3.05) is 19.5 Å². The highest BCUT2D eigenvalue weighted by Gasteiger charge is 2.16. The van der Waals surface area contributed by atoms with E-state index in [1.807, 2.05) is 12.2 Å². The van der Waals surface area contributed by atoms with Gasteiger partial charge in [0.25, 0.3) is 0 Å². The monoisotopic (exact) mass is 287 g/mol. The van der Waals surface area contributed by atoms with Gasteiger partial charge in [0.2, 0.25) is 0 Å². The number of anilines is 1. The summed E-state index contributed by atoms with van der Waals surface area (Å²) in [6.07, 6.45) is 0.567. The van der Waals surface area contributed by atoms with E-state index in [4.69, 9.17) is 4.74 Å². The molecule has 0 aliphatic rings.